The van der Waals surface area contributed by atoms with Crippen molar-refractivity contribution in [3.8, 4) is 0 Å². The SMILES string of the molecule is CNC(=O)c1ccc(NC(=O)COC(=O)c2cccc([N+](=O)[O-])c2C)cc1. The summed E-state index contributed by atoms with van der Waals surface area (Å²) in [5.74, 6) is -1.67. The molecule has 0 bridgehead atoms. The molecule has 0 unspecified atom stereocenters. The van der Waals surface area contributed by atoms with Gasteiger partial charge < -0.3 is 15.4 Å². The van der Waals surface area contributed by atoms with Crippen molar-refractivity contribution in [2.24, 2.45) is 0 Å². The second-order valence-corrected chi connectivity index (χ2v) is 5.49. The Labute approximate surface area is 154 Å². The van der Waals surface area contributed by atoms with Crippen molar-refractivity contribution in [3.63, 3.8) is 0 Å². The van der Waals surface area contributed by atoms with Crippen molar-refractivity contribution in [2.45, 2.75) is 6.92 Å². The summed E-state index contributed by atoms with van der Waals surface area (Å²) in [5.41, 5.74) is 0.841. The fourth-order valence-corrected chi connectivity index (χ4v) is 2.30. The van der Waals surface area contributed by atoms with Crippen LogP contribution >= 0.6 is 0 Å². The molecule has 0 spiro atoms. The Hall–Kier alpha value is -3.75. The fourth-order valence-electron chi connectivity index (χ4n) is 2.30. The molecule has 9 nitrogen and oxygen atoms in total. The minimum atomic E-state index is -0.832. The summed E-state index contributed by atoms with van der Waals surface area (Å²) >= 11 is 0. The topological polar surface area (TPSA) is 128 Å². The standard InChI is InChI=1S/C18H17N3O6/c1-11-14(4-3-5-15(11)21(25)26)18(24)27-10-16(22)20-13-8-6-12(7-9-13)17(23)19-2/h3-9H,10H2,1-2H3,(H,19,23)(H,20,22). The number of nitro groups is 1. The van der Waals surface area contributed by atoms with Gasteiger partial charge in [0.25, 0.3) is 17.5 Å². The van der Waals surface area contributed by atoms with Gasteiger partial charge >= 0.3 is 5.97 Å². The molecule has 0 fully saturated rings. The molecular weight excluding hydrogens is 354 g/mol. The fraction of sp³-hybridized carbons (Fsp3) is 0.167. The third kappa shape index (κ3) is 4.88. The van der Waals surface area contributed by atoms with Gasteiger partial charge in [-0.15, -0.1) is 0 Å². The monoisotopic (exact) mass is 371 g/mol. The minimum Gasteiger partial charge on any atom is -0.452 e. The summed E-state index contributed by atoms with van der Waals surface area (Å²) < 4.78 is 4.92. The highest BCUT2D eigenvalue weighted by Crippen LogP contribution is 2.21. The van der Waals surface area contributed by atoms with Gasteiger partial charge in [0.2, 0.25) is 0 Å². The molecule has 0 aliphatic carbocycles. The molecular formula is C18H17N3O6. The van der Waals surface area contributed by atoms with E-state index >= 15 is 0 Å². The molecule has 0 atom stereocenters. The van der Waals surface area contributed by atoms with Crippen LogP contribution in [0.25, 0.3) is 0 Å². The number of ether oxygens (including phenoxy) is 1. The molecule has 0 aliphatic heterocycles. The van der Waals surface area contributed by atoms with Crippen molar-refractivity contribution in [1.29, 1.82) is 0 Å². The number of hydrogen-bond acceptors (Lipinski definition) is 6. The van der Waals surface area contributed by atoms with Gasteiger partial charge in [0, 0.05) is 29.9 Å². The van der Waals surface area contributed by atoms with Gasteiger partial charge in [-0.05, 0) is 37.3 Å². The predicted octanol–water partition coefficient (Wildman–Crippen LogP) is 2.06. The molecule has 2 aromatic carbocycles. The number of esters is 1. The zero-order chi connectivity index (χ0) is 20.0. The number of rotatable bonds is 6. The first-order valence-electron chi connectivity index (χ1n) is 7.86. The molecule has 2 N–H and O–H groups in total. The lowest BCUT2D eigenvalue weighted by Gasteiger charge is -2.09. The molecule has 0 saturated carbocycles. The van der Waals surface area contributed by atoms with Crippen LogP contribution in [0.2, 0.25) is 0 Å². The maximum absolute atomic E-state index is 12.1. The van der Waals surface area contributed by atoms with Crippen molar-refractivity contribution < 1.29 is 24.0 Å². The van der Waals surface area contributed by atoms with Crippen LogP contribution in [0.1, 0.15) is 26.3 Å². The van der Waals surface area contributed by atoms with Crippen LogP contribution in [0.4, 0.5) is 11.4 Å². The third-order valence-electron chi connectivity index (χ3n) is 3.71. The molecule has 0 aromatic heterocycles. The van der Waals surface area contributed by atoms with Crippen LogP contribution < -0.4 is 10.6 Å². The quantitative estimate of drug-likeness (QED) is 0.454. The predicted molar refractivity (Wildman–Crippen MR) is 96.6 cm³/mol. The normalized spacial score (nSPS) is 10.0. The third-order valence-corrected chi connectivity index (χ3v) is 3.71. The molecule has 0 aliphatic rings. The number of carbonyl (C=O) groups excluding carboxylic acids is 3. The van der Waals surface area contributed by atoms with Crippen LogP contribution in [0.5, 0.6) is 0 Å². The van der Waals surface area contributed by atoms with E-state index in [9.17, 15) is 24.5 Å². The Kier molecular flexibility index (Phi) is 6.21. The van der Waals surface area contributed by atoms with Gasteiger partial charge in [0.15, 0.2) is 6.61 Å². The summed E-state index contributed by atoms with van der Waals surface area (Å²) in [6.07, 6.45) is 0. The Balaban J connectivity index is 1.96. The van der Waals surface area contributed by atoms with E-state index in [2.05, 4.69) is 10.6 Å². The Morgan fingerprint density at radius 2 is 1.78 bits per heavy atom. The molecule has 2 amide bonds. The number of carbonyl (C=O) groups is 3. The molecule has 0 radical (unpaired) electrons. The highest BCUT2D eigenvalue weighted by molar-refractivity contribution is 5.97. The van der Waals surface area contributed by atoms with Crippen molar-refractivity contribution >= 4 is 29.2 Å². The van der Waals surface area contributed by atoms with Gasteiger partial charge in [-0.3, -0.25) is 19.7 Å². The highest BCUT2D eigenvalue weighted by Gasteiger charge is 2.19. The highest BCUT2D eigenvalue weighted by atomic mass is 16.6. The van der Waals surface area contributed by atoms with Crippen LogP contribution in [0.3, 0.4) is 0 Å². The van der Waals surface area contributed by atoms with Crippen LogP contribution in [-0.2, 0) is 9.53 Å². The maximum atomic E-state index is 12.1. The van der Waals surface area contributed by atoms with Crippen molar-refractivity contribution in [3.05, 3.63) is 69.3 Å². The lowest BCUT2D eigenvalue weighted by Crippen LogP contribution is -2.21. The van der Waals surface area contributed by atoms with Gasteiger partial charge in [0.1, 0.15) is 0 Å². The van der Waals surface area contributed by atoms with Gasteiger partial charge in [-0.2, -0.15) is 0 Å². The summed E-state index contributed by atoms with van der Waals surface area (Å²) in [6, 6.07) is 10.2. The van der Waals surface area contributed by atoms with Crippen molar-refractivity contribution in [1.82, 2.24) is 5.32 Å². The number of nitrogens with one attached hydrogen (secondary N) is 2. The smallest absolute Gasteiger partial charge is 0.339 e. The van der Waals surface area contributed by atoms with Crippen LogP contribution in [-0.4, -0.2) is 36.4 Å². The van der Waals surface area contributed by atoms with Gasteiger partial charge in [0.05, 0.1) is 10.5 Å². The molecule has 0 heterocycles. The van der Waals surface area contributed by atoms with E-state index in [0.717, 1.165) is 0 Å². The number of nitro benzene ring substituents is 1. The molecule has 2 aromatic rings. The summed E-state index contributed by atoms with van der Waals surface area (Å²) in [6.45, 7) is 0.876. The van der Waals surface area contributed by atoms with Gasteiger partial charge in [-0.1, -0.05) is 6.07 Å². The molecule has 27 heavy (non-hydrogen) atoms. The summed E-state index contributed by atoms with van der Waals surface area (Å²) in [4.78, 5) is 45.8. The van der Waals surface area contributed by atoms with E-state index in [-0.39, 0.29) is 22.7 Å². The van der Waals surface area contributed by atoms with E-state index in [1.54, 1.807) is 0 Å². The maximum Gasteiger partial charge on any atom is 0.339 e. The van der Waals surface area contributed by atoms with E-state index in [0.29, 0.717) is 11.3 Å². The largest absolute Gasteiger partial charge is 0.452 e. The first-order chi connectivity index (χ1) is 12.8. The lowest BCUT2D eigenvalue weighted by atomic mass is 10.1. The lowest BCUT2D eigenvalue weighted by molar-refractivity contribution is -0.385. The first-order valence-corrected chi connectivity index (χ1v) is 7.86. The average molecular weight is 371 g/mol. The molecule has 2 rings (SSSR count). The number of hydrogen-bond donors (Lipinski definition) is 2. The Morgan fingerprint density at radius 3 is 2.37 bits per heavy atom. The van der Waals surface area contributed by atoms with E-state index < -0.39 is 23.4 Å². The Bertz CT molecular complexity index is 892. The molecule has 0 saturated heterocycles. The van der Waals surface area contributed by atoms with E-state index in [1.165, 1.54) is 56.4 Å². The van der Waals surface area contributed by atoms with Crippen LogP contribution in [0.15, 0.2) is 42.5 Å². The van der Waals surface area contributed by atoms with E-state index in [1.807, 2.05) is 0 Å². The summed E-state index contributed by atoms with van der Waals surface area (Å²) in [7, 11) is 1.51. The molecule has 140 valence electrons. The van der Waals surface area contributed by atoms with Crippen LogP contribution in [0, 0.1) is 17.0 Å². The second-order valence-electron chi connectivity index (χ2n) is 5.49. The number of nitrogens with zero attached hydrogens (tertiary/aromatic N) is 1. The van der Waals surface area contributed by atoms with E-state index in [4.69, 9.17) is 4.74 Å². The second kappa shape index (κ2) is 8.56. The first kappa shape index (κ1) is 19.6. The molecule has 9 heteroatoms. The van der Waals surface area contributed by atoms with Gasteiger partial charge in [-0.25, -0.2) is 4.79 Å². The zero-order valence-corrected chi connectivity index (χ0v) is 14.6. The minimum absolute atomic E-state index is 0.0203. The number of anilines is 1. The average Bonchev–Trinajstić information content (AvgIpc) is 2.66. The number of benzene rings is 2. The summed E-state index contributed by atoms with van der Waals surface area (Å²) in [5, 5.41) is 15.9. The number of amides is 2. The van der Waals surface area contributed by atoms with Crippen molar-refractivity contribution in [2.75, 3.05) is 19.0 Å². The zero-order valence-electron chi connectivity index (χ0n) is 14.6. The Morgan fingerprint density at radius 1 is 1.11 bits per heavy atom.